The van der Waals surface area contributed by atoms with Crippen LogP contribution >= 0.6 is 0 Å². The zero-order valence-electron chi connectivity index (χ0n) is 17.5. The van der Waals surface area contributed by atoms with Crippen molar-refractivity contribution in [2.45, 2.75) is 32.6 Å². The minimum atomic E-state index is 0.117. The van der Waals surface area contributed by atoms with E-state index in [1.54, 1.807) is 14.2 Å². The van der Waals surface area contributed by atoms with E-state index in [0.717, 1.165) is 44.2 Å². The summed E-state index contributed by atoms with van der Waals surface area (Å²) in [5.41, 5.74) is 1.21. The molecule has 0 saturated carbocycles. The van der Waals surface area contributed by atoms with Gasteiger partial charge in [0.1, 0.15) is 0 Å². The van der Waals surface area contributed by atoms with E-state index in [2.05, 4.69) is 15.9 Å². The van der Waals surface area contributed by atoms with Crippen molar-refractivity contribution in [2.24, 2.45) is 0 Å². The smallest absolute Gasteiger partial charge is 0.236 e. The fourth-order valence-corrected chi connectivity index (χ4v) is 4.02. The molecule has 2 heterocycles. The summed E-state index contributed by atoms with van der Waals surface area (Å²) in [6.45, 7) is 10.6. The van der Waals surface area contributed by atoms with Crippen molar-refractivity contribution in [1.82, 2.24) is 14.7 Å². The average molecular weight is 392 g/mol. The Bertz CT molecular complexity index is 651. The fraction of sp³-hybridized carbons (Fsp3) is 0.667. The Hall–Kier alpha value is -1.83. The van der Waals surface area contributed by atoms with E-state index >= 15 is 0 Å². The molecule has 0 bridgehead atoms. The Kier molecular flexibility index (Phi) is 7.15. The van der Waals surface area contributed by atoms with E-state index in [-0.39, 0.29) is 18.1 Å². The number of carbonyl (C=O) groups is 1. The van der Waals surface area contributed by atoms with Gasteiger partial charge in [-0.2, -0.15) is 0 Å². The van der Waals surface area contributed by atoms with Crippen molar-refractivity contribution < 1.29 is 19.0 Å². The van der Waals surface area contributed by atoms with E-state index in [1.165, 1.54) is 5.56 Å². The predicted molar refractivity (Wildman–Crippen MR) is 108 cm³/mol. The number of carbonyl (C=O) groups excluding carboxylic acids is 1. The number of benzene rings is 1. The summed E-state index contributed by atoms with van der Waals surface area (Å²) in [6, 6.07) is 6.07. The number of amides is 1. The molecule has 7 nitrogen and oxygen atoms in total. The lowest BCUT2D eigenvalue weighted by Gasteiger charge is -2.38. The predicted octanol–water partition coefficient (Wildman–Crippen LogP) is 1.46. The molecule has 2 fully saturated rings. The van der Waals surface area contributed by atoms with Crippen LogP contribution in [0.3, 0.4) is 0 Å². The van der Waals surface area contributed by atoms with Crippen LogP contribution in [-0.4, -0.2) is 92.8 Å². The van der Waals surface area contributed by atoms with Crippen molar-refractivity contribution in [3.05, 3.63) is 23.8 Å². The monoisotopic (exact) mass is 391 g/mol. The highest BCUT2D eigenvalue weighted by Crippen LogP contribution is 2.28. The van der Waals surface area contributed by atoms with Gasteiger partial charge >= 0.3 is 0 Å². The average Bonchev–Trinajstić information content (AvgIpc) is 2.68. The summed E-state index contributed by atoms with van der Waals surface area (Å²) in [6.07, 6.45) is 0.233. The van der Waals surface area contributed by atoms with E-state index < -0.39 is 0 Å². The molecule has 0 radical (unpaired) electrons. The molecule has 0 aliphatic carbocycles. The lowest BCUT2D eigenvalue weighted by atomic mass is 10.1. The second-order valence-electron chi connectivity index (χ2n) is 7.80. The van der Waals surface area contributed by atoms with Crippen LogP contribution < -0.4 is 9.47 Å². The Morgan fingerprint density at radius 3 is 2.21 bits per heavy atom. The molecule has 0 aromatic heterocycles. The summed E-state index contributed by atoms with van der Waals surface area (Å²) in [4.78, 5) is 19.3. The van der Waals surface area contributed by atoms with Gasteiger partial charge in [0, 0.05) is 45.8 Å². The van der Waals surface area contributed by atoms with Gasteiger partial charge in [-0.3, -0.25) is 14.6 Å². The van der Waals surface area contributed by atoms with Crippen LogP contribution in [0.5, 0.6) is 11.5 Å². The van der Waals surface area contributed by atoms with Gasteiger partial charge in [0.15, 0.2) is 11.5 Å². The minimum Gasteiger partial charge on any atom is -0.493 e. The Labute approximate surface area is 168 Å². The molecule has 0 unspecified atom stereocenters. The van der Waals surface area contributed by atoms with Gasteiger partial charge in [0.2, 0.25) is 5.91 Å². The van der Waals surface area contributed by atoms with Crippen molar-refractivity contribution >= 4 is 5.91 Å². The van der Waals surface area contributed by atoms with E-state index in [9.17, 15) is 4.79 Å². The molecular weight excluding hydrogens is 358 g/mol. The first-order valence-corrected chi connectivity index (χ1v) is 10.1. The van der Waals surface area contributed by atoms with Crippen molar-refractivity contribution in [1.29, 1.82) is 0 Å². The molecule has 1 aromatic carbocycles. The highest BCUT2D eigenvalue weighted by Gasteiger charge is 2.28. The van der Waals surface area contributed by atoms with Gasteiger partial charge in [-0.1, -0.05) is 6.07 Å². The van der Waals surface area contributed by atoms with Crippen LogP contribution in [0.15, 0.2) is 18.2 Å². The Morgan fingerprint density at radius 2 is 1.61 bits per heavy atom. The molecule has 156 valence electrons. The number of hydrogen-bond donors (Lipinski definition) is 0. The Balaban J connectivity index is 1.46. The molecule has 7 heteroatoms. The van der Waals surface area contributed by atoms with Crippen LogP contribution in [0.1, 0.15) is 19.4 Å². The first-order chi connectivity index (χ1) is 13.5. The third-order valence-corrected chi connectivity index (χ3v) is 5.45. The first-order valence-electron chi connectivity index (χ1n) is 10.1. The number of nitrogens with zero attached hydrogens (tertiary/aromatic N) is 3. The maximum Gasteiger partial charge on any atom is 0.236 e. The molecule has 2 aliphatic rings. The van der Waals surface area contributed by atoms with Gasteiger partial charge in [-0.25, -0.2) is 0 Å². The molecule has 2 atom stereocenters. The molecule has 1 aromatic rings. The Morgan fingerprint density at radius 1 is 1.00 bits per heavy atom. The van der Waals surface area contributed by atoms with Crippen molar-refractivity contribution in [3.8, 4) is 11.5 Å². The number of morpholine rings is 1. The van der Waals surface area contributed by atoms with Gasteiger partial charge in [0.25, 0.3) is 0 Å². The molecule has 2 aliphatic heterocycles. The maximum atomic E-state index is 12.7. The van der Waals surface area contributed by atoms with Gasteiger partial charge in [-0.05, 0) is 31.5 Å². The van der Waals surface area contributed by atoms with Gasteiger partial charge < -0.3 is 19.1 Å². The van der Waals surface area contributed by atoms with Gasteiger partial charge in [-0.15, -0.1) is 0 Å². The van der Waals surface area contributed by atoms with Crippen LogP contribution in [-0.2, 0) is 16.1 Å². The zero-order chi connectivity index (χ0) is 20.1. The van der Waals surface area contributed by atoms with Crippen molar-refractivity contribution in [3.63, 3.8) is 0 Å². The molecule has 0 spiro atoms. The number of piperazine rings is 1. The normalized spacial score (nSPS) is 24.2. The zero-order valence-corrected chi connectivity index (χ0v) is 17.5. The number of methoxy groups -OCH3 is 2. The lowest BCUT2D eigenvalue weighted by molar-refractivity contribution is -0.144. The quantitative estimate of drug-likeness (QED) is 0.732. The summed E-state index contributed by atoms with van der Waals surface area (Å²) in [5, 5.41) is 0. The molecule has 2 saturated heterocycles. The minimum absolute atomic E-state index is 0.117. The maximum absolute atomic E-state index is 12.7. The summed E-state index contributed by atoms with van der Waals surface area (Å²) < 4.78 is 16.4. The third kappa shape index (κ3) is 5.37. The van der Waals surface area contributed by atoms with E-state index in [1.807, 2.05) is 30.9 Å². The fourth-order valence-electron chi connectivity index (χ4n) is 4.02. The SMILES string of the molecule is COc1ccc(CN2CCN(CC(=O)N3C[C@@H](C)O[C@@H](C)C3)CC2)cc1OC. The molecule has 0 N–H and O–H groups in total. The van der Waals surface area contributed by atoms with E-state index in [0.29, 0.717) is 19.6 Å². The summed E-state index contributed by atoms with van der Waals surface area (Å²) in [5.74, 6) is 1.73. The number of ether oxygens (including phenoxy) is 3. The van der Waals surface area contributed by atoms with Crippen LogP contribution in [0, 0.1) is 0 Å². The lowest BCUT2D eigenvalue weighted by Crippen LogP contribution is -2.53. The summed E-state index contributed by atoms with van der Waals surface area (Å²) in [7, 11) is 3.31. The molecule has 1 amide bonds. The van der Waals surface area contributed by atoms with E-state index in [4.69, 9.17) is 14.2 Å². The molecule has 28 heavy (non-hydrogen) atoms. The first kappa shape index (κ1) is 20.9. The number of hydrogen-bond acceptors (Lipinski definition) is 6. The van der Waals surface area contributed by atoms with Crippen LogP contribution in [0.25, 0.3) is 0 Å². The summed E-state index contributed by atoms with van der Waals surface area (Å²) >= 11 is 0. The topological polar surface area (TPSA) is 54.5 Å². The largest absolute Gasteiger partial charge is 0.493 e. The second kappa shape index (κ2) is 9.58. The van der Waals surface area contributed by atoms with Gasteiger partial charge in [0.05, 0.1) is 33.0 Å². The molecular formula is C21H33N3O4. The number of rotatable bonds is 6. The standard InChI is InChI=1S/C21H33N3O4/c1-16-12-24(13-17(2)28-16)21(25)15-23-9-7-22(8-10-23)14-18-5-6-19(26-3)20(11-18)27-4/h5-6,11,16-17H,7-10,12-15H2,1-4H3/t16-,17+. The molecule has 3 rings (SSSR count). The highest BCUT2D eigenvalue weighted by atomic mass is 16.5. The van der Waals surface area contributed by atoms with Crippen molar-refractivity contribution in [2.75, 3.05) is 60.0 Å². The van der Waals surface area contributed by atoms with Crippen LogP contribution in [0.4, 0.5) is 0 Å². The second-order valence-corrected chi connectivity index (χ2v) is 7.80. The third-order valence-electron chi connectivity index (χ3n) is 5.45. The van der Waals surface area contributed by atoms with Crippen LogP contribution in [0.2, 0.25) is 0 Å². The highest BCUT2D eigenvalue weighted by molar-refractivity contribution is 5.78.